The molecule has 0 radical (unpaired) electrons. The normalized spacial score (nSPS) is 11.8. The highest BCUT2D eigenvalue weighted by molar-refractivity contribution is 6.18. The molecule has 0 unspecified atom stereocenters. The van der Waals surface area contributed by atoms with E-state index in [4.69, 9.17) is 11.5 Å². The summed E-state index contributed by atoms with van der Waals surface area (Å²) in [5.74, 6) is 0. The Morgan fingerprint density at radius 1 is 0.667 bits per heavy atom. The fraction of sp³-hybridized carbons (Fsp3) is 0. The molecule has 18 heavy (non-hydrogen) atoms. The molecule has 0 heterocycles. The first-order valence-corrected chi connectivity index (χ1v) is 5.97. The largest absolute Gasteiger partial charge is 0.399 e. The van der Waals surface area contributed by atoms with Crippen LogP contribution in [0.2, 0.25) is 0 Å². The average Bonchev–Trinajstić information content (AvgIpc) is 2.69. The lowest BCUT2D eigenvalue weighted by Gasteiger charge is -2.04. The summed E-state index contributed by atoms with van der Waals surface area (Å²) in [6.45, 7) is 0. The zero-order valence-corrected chi connectivity index (χ0v) is 9.77. The molecular weight excluding hydrogens is 220 g/mol. The summed E-state index contributed by atoms with van der Waals surface area (Å²) in [6.07, 6.45) is 0. The smallest absolute Gasteiger partial charge is 0.0394 e. The predicted molar refractivity (Wildman–Crippen MR) is 77.2 cm³/mol. The Morgan fingerprint density at radius 3 is 2.33 bits per heavy atom. The van der Waals surface area contributed by atoms with E-state index in [0.717, 1.165) is 16.8 Å². The lowest BCUT2D eigenvalue weighted by atomic mass is 10.0. The number of nitrogen functional groups attached to an aromatic ring is 2. The van der Waals surface area contributed by atoms with Gasteiger partial charge in [-0.3, -0.25) is 0 Å². The van der Waals surface area contributed by atoms with Crippen molar-refractivity contribution < 1.29 is 0 Å². The standard InChI is InChI=1S/C16H12N2/c17-9-4-5-10-11-2-1-3-13-15(18)7-6-12(16(11)13)14(10)8-9/h1-8H,17-18H2. The van der Waals surface area contributed by atoms with Crippen molar-refractivity contribution in [2.75, 3.05) is 11.5 Å². The van der Waals surface area contributed by atoms with E-state index in [2.05, 4.69) is 30.3 Å². The quantitative estimate of drug-likeness (QED) is 0.455. The summed E-state index contributed by atoms with van der Waals surface area (Å²) in [5, 5.41) is 2.37. The van der Waals surface area contributed by atoms with Gasteiger partial charge in [0.1, 0.15) is 0 Å². The van der Waals surface area contributed by atoms with Crippen molar-refractivity contribution in [3.63, 3.8) is 0 Å². The van der Waals surface area contributed by atoms with Crippen molar-refractivity contribution in [3.05, 3.63) is 48.5 Å². The van der Waals surface area contributed by atoms with Gasteiger partial charge in [-0.25, -0.2) is 0 Å². The summed E-state index contributed by atoms with van der Waals surface area (Å²) in [7, 11) is 0. The third-order valence-corrected chi connectivity index (χ3v) is 3.70. The van der Waals surface area contributed by atoms with Gasteiger partial charge in [0, 0.05) is 16.8 Å². The first-order valence-electron chi connectivity index (χ1n) is 5.97. The van der Waals surface area contributed by atoms with Gasteiger partial charge in [0.25, 0.3) is 0 Å². The fourth-order valence-electron chi connectivity index (χ4n) is 2.90. The second kappa shape index (κ2) is 3.05. The van der Waals surface area contributed by atoms with E-state index in [0.29, 0.717) is 0 Å². The second-order valence-electron chi connectivity index (χ2n) is 4.74. The number of hydrogen-bond acceptors (Lipinski definition) is 2. The van der Waals surface area contributed by atoms with Crippen molar-refractivity contribution >= 4 is 22.1 Å². The molecule has 2 nitrogen and oxygen atoms in total. The van der Waals surface area contributed by atoms with Crippen LogP contribution in [0.1, 0.15) is 0 Å². The summed E-state index contributed by atoms with van der Waals surface area (Å²) in [6, 6.07) is 16.4. The number of hydrogen-bond donors (Lipinski definition) is 2. The molecule has 0 saturated carbocycles. The second-order valence-corrected chi connectivity index (χ2v) is 4.74. The van der Waals surface area contributed by atoms with Gasteiger partial charge in [0.15, 0.2) is 0 Å². The molecule has 0 spiro atoms. The maximum atomic E-state index is 6.06. The average molecular weight is 232 g/mol. The molecule has 3 aromatic carbocycles. The van der Waals surface area contributed by atoms with Gasteiger partial charge >= 0.3 is 0 Å². The molecule has 0 fully saturated rings. The minimum absolute atomic E-state index is 0.798. The van der Waals surface area contributed by atoms with Crippen LogP contribution in [0.15, 0.2) is 48.5 Å². The Morgan fingerprint density at radius 2 is 1.44 bits per heavy atom. The van der Waals surface area contributed by atoms with Crippen LogP contribution in [0.5, 0.6) is 0 Å². The van der Waals surface area contributed by atoms with E-state index in [1.165, 1.54) is 27.6 Å². The van der Waals surface area contributed by atoms with E-state index in [1.807, 2.05) is 18.2 Å². The first-order chi connectivity index (χ1) is 8.75. The molecule has 1 aliphatic rings. The summed E-state index contributed by atoms with van der Waals surface area (Å²) in [4.78, 5) is 0. The molecule has 0 bridgehead atoms. The Kier molecular flexibility index (Phi) is 1.61. The maximum Gasteiger partial charge on any atom is 0.0394 e. The molecule has 0 aromatic heterocycles. The number of benzene rings is 3. The Balaban J connectivity index is 2.26. The third kappa shape index (κ3) is 1.02. The van der Waals surface area contributed by atoms with Crippen LogP contribution < -0.4 is 11.5 Å². The first kappa shape index (κ1) is 9.54. The lowest BCUT2D eigenvalue weighted by molar-refractivity contribution is 1.67. The highest BCUT2D eigenvalue weighted by Gasteiger charge is 2.21. The number of fused-ring (bicyclic) bond motifs is 3. The minimum Gasteiger partial charge on any atom is -0.399 e. The zero-order valence-electron chi connectivity index (χ0n) is 9.77. The van der Waals surface area contributed by atoms with E-state index >= 15 is 0 Å². The monoisotopic (exact) mass is 232 g/mol. The third-order valence-electron chi connectivity index (χ3n) is 3.70. The molecule has 4 rings (SSSR count). The highest BCUT2D eigenvalue weighted by Crippen LogP contribution is 2.48. The van der Waals surface area contributed by atoms with Crippen molar-refractivity contribution in [2.45, 2.75) is 0 Å². The molecular formula is C16H12N2. The molecule has 86 valence electrons. The van der Waals surface area contributed by atoms with Crippen molar-refractivity contribution in [2.24, 2.45) is 0 Å². The number of anilines is 2. The molecule has 0 saturated heterocycles. The van der Waals surface area contributed by atoms with E-state index in [1.54, 1.807) is 0 Å². The lowest BCUT2D eigenvalue weighted by Crippen LogP contribution is -1.87. The highest BCUT2D eigenvalue weighted by atomic mass is 14.6. The molecule has 0 aliphatic heterocycles. The van der Waals surface area contributed by atoms with Crippen LogP contribution in [-0.4, -0.2) is 0 Å². The van der Waals surface area contributed by atoms with Crippen molar-refractivity contribution in [3.8, 4) is 22.3 Å². The van der Waals surface area contributed by atoms with Crippen LogP contribution >= 0.6 is 0 Å². The predicted octanol–water partition coefficient (Wildman–Crippen LogP) is 3.65. The van der Waals surface area contributed by atoms with Crippen LogP contribution in [-0.2, 0) is 0 Å². The van der Waals surface area contributed by atoms with E-state index < -0.39 is 0 Å². The number of nitrogens with two attached hydrogens (primary N) is 2. The maximum absolute atomic E-state index is 6.06. The topological polar surface area (TPSA) is 52.0 Å². The molecule has 2 heteroatoms. The van der Waals surface area contributed by atoms with Crippen molar-refractivity contribution in [1.82, 2.24) is 0 Å². The van der Waals surface area contributed by atoms with Gasteiger partial charge in [-0.1, -0.05) is 30.3 Å². The van der Waals surface area contributed by atoms with Crippen LogP contribution in [0.4, 0.5) is 11.4 Å². The van der Waals surface area contributed by atoms with Gasteiger partial charge in [0.2, 0.25) is 0 Å². The van der Waals surface area contributed by atoms with Crippen LogP contribution in [0.25, 0.3) is 33.0 Å². The van der Waals surface area contributed by atoms with Crippen LogP contribution in [0, 0.1) is 0 Å². The summed E-state index contributed by atoms with van der Waals surface area (Å²) in [5.41, 5.74) is 18.5. The SMILES string of the molecule is Nc1ccc2c(c1)-c1ccc(N)c3cccc-2c13. The summed E-state index contributed by atoms with van der Waals surface area (Å²) < 4.78 is 0. The Bertz CT molecular complexity index is 804. The fourth-order valence-corrected chi connectivity index (χ4v) is 2.90. The molecule has 1 aliphatic carbocycles. The molecule has 4 N–H and O–H groups in total. The Hall–Kier alpha value is -2.48. The molecule has 0 amide bonds. The van der Waals surface area contributed by atoms with Crippen LogP contribution in [0.3, 0.4) is 0 Å². The number of rotatable bonds is 0. The Labute approximate surface area is 105 Å². The van der Waals surface area contributed by atoms with E-state index in [-0.39, 0.29) is 0 Å². The van der Waals surface area contributed by atoms with Gasteiger partial charge in [-0.05, 0) is 45.8 Å². The van der Waals surface area contributed by atoms with Gasteiger partial charge in [-0.2, -0.15) is 0 Å². The van der Waals surface area contributed by atoms with Crippen molar-refractivity contribution in [1.29, 1.82) is 0 Å². The summed E-state index contributed by atoms with van der Waals surface area (Å²) >= 11 is 0. The van der Waals surface area contributed by atoms with Gasteiger partial charge in [-0.15, -0.1) is 0 Å². The van der Waals surface area contributed by atoms with Gasteiger partial charge in [0.05, 0.1) is 0 Å². The van der Waals surface area contributed by atoms with E-state index in [9.17, 15) is 0 Å². The minimum atomic E-state index is 0.798. The molecule has 3 aromatic rings. The molecule has 0 atom stereocenters. The zero-order chi connectivity index (χ0) is 12.3. The van der Waals surface area contributed by atoms with Gasteiger partial charge < -0.3 is 11.5 Å².